The number of aromatic nitrogens is 2. The highest BCUT2D eigenvalue weighted by molar-refractivity contribution is 7.98. The first-order chi connectivity index (χ1) is 14.6. The Balaban J connectivity index is 1.41. The summed E-state index contributed by atoms with van der Waals surface area (Å²) in [4.78, 5) is 32.2. The molecule has 3 aromatic rings. The van der Waals surface area contributed by atoms with E-state index in [9.17, 15) is 9.59 Å². The summed E-state index contributed by atoms with van der Waals surface area (Å²) in [6.45, 7) is 2.72. The van der Waals surface area contributed by atoms with Gasteiger partial charge in [0.2, 0.25) is 5.91 Å². The van der Waals surface area contributed by atoms with E-state index in [2.05, 4.69) is 15.3 Å². The minimum Gasteiger partial charge on any atom is -0.486 e. The van der Waals surface area contributed by atoms with E-state index in [0.29, 0.717) is 52.6 Å². The molecule has 0 spiro atoms. The van der Waals surface area contributed by atoms with E-state index >= 15 is 0 Å². The van der Waals surface area contributed by atoms with Crippen molar-refractivity contribution in [3.63, 3.8) is 0 Å². The van der Waals surface area contributed by atoms with Gasteiger partial charge in [-0.2, -0.15) is 0 Å². The summed E-state index contributed by atoms with van der Waals surface area (Å²) in [6, 6.07) is 15.2. The zero-order valence-corrected chi connectivity index (χ0v) is 17.3. The van der Waals surface area contributed by atoms with Crippen LogP contribution in [-0.2, 0) is 17.0 Å². The number of hydrogen-bond donors (Lipinski definition) is 2. The molecule has 0 saturated heterocycles. The van der Waals surface area contributed by atoms with Crippen molar-refractivity contribution >= 4 is 23.4 Å². The first-order valence-electron chi connectivity index (χ1n) is 9.54. The number of nitrogens with zero attached hydrogens (tertiary/aromatic N) is 1. The Morgan fingerprint density at radius 1 is 1.13 bits per heavy atom. The molecule has 154 valence electrons. The summed E-state index contributed by atoms with van der Waals surface area (Å²) < 4.78 is 11.0. The SMILES string of the molecule is Cc1nc(SCc2ccccc2)[nH]c(=O)c1CC(=O)Nc1ccc2c(c1)OCCO2. The molecule has 0 atom stereocenters. The Bertz CT molecular complexity index is 1120. The van der Waals surface area contributed by atoms with Crippen molar-refractivity contribution in [1.82, 2.24) is 9.97 Å². The Labute approximate surface area is 177 Å². The van der Waals surface area contributed by atoms with Crippen LogP contribution >= 0.6 is 11.8 Å². The van der Waals surface area contributed by atoms with Gasteiger partial charge >= 0.3 is 0 Å². The largest absolute Gasteiger partial charge is 0.486 e. The average Bonchev–Trinajstić information content (AvgIpc) is 2.75. The number of anilines is 1. The Hall–Kier alpha value is -3.26. The second-order valence-corrected chi connectivity index (χ2v) is 7.76. The molecule has 0 saturated carbocycles. The number of amides is 1. The molecule has 2 heterocycles. The normalized spacial score (nSPS) is 12.4. The zero-order valence-electron chi connectivity index (χ0n) is 16.4. The fraction of sp³-hybridized carbons (Fsp3) is 0.227. The van der Waals surface area contributed by atoms with Crippen molar-refractivity contribution in [3.8, 4) is 11.5 Å². The molecule has 7 nitrogen and oxygen atoms in total. The van der Waals surface area contributed by atoms with E-state index < -0.39 is 0 Å². The molecule has 8 heteroatoms. The van der Waals surface area contributed by atoms with Crippen LogP contribution in [0.2, 0.25) is 0 Å². The lowest BCUT2D eigenvalue weighted by molar-refractivity contribution is -0.115. The van der Waals surface area contributed by atoms with Crippen molar-refractivity contribution in [1.29, 1.82) is 0 Å². The minimum atomic E-state index is -0.299. The van der Waals surface area contributed by atoms with Crippen molar-refractivity contribution < 1.29 is 14.3 Å². The molecule has 1 aromatic heterocycles. The monoisotopic (exact) mass is 423 g/mol. The molecule has 0 bridgehead atoms. The number of carbonyl (C=O) groups excluding carboxylic acids is 1. The number of fused-ring (bicyclic) bond motifs is 1. The lowest BCUT2D eigenvalue weighted by Crippen LogP contribution is -2.24. The minimum absolute atomic E-state index is 0.0633. The van der Waals surface area contributed by atoms with Gasteiger partial charge in [-0.3, -0.25) is 9.59 Å². The van der Waals surface area contributed by atoms with Gasteiger partial charge in [-0.1, -0.05) is 42.1 Å². The fourth-order valence-electron chi connectivity index (χ4n) is 3.07. The van der Waals surface area contributed by atoms with Gasteiger partial charge in [0.15, 0.2) is 16.7 Å². The smallest absolute Gasteiger partial charge is 0.255 e. The maximum Gasteiger partial charge on any atom is 0.255 e. The summed E-state index contributed by atoms with van der Waals surface area (Å²) in [5.41, 5.74) is 2.34. The van der Waals surface area contributed by atoms with Crippen LogP contribution in [-0.4, -0.2) is 29.1 Å². The van der Waals surface area contributed by atoms with Crippen LogP contribution in [0.3, 0.4) is 0 Å². The van der Waals surface area contributed by atoms with Crippen LogP contribution in [0, 0.1) is 6.92 Å². The van der Waals surface area contributed by atoms with Crippen LogP contribution in [0.5, 0.6) is 11.5 Å². The molecule has 30 heavy (non-hydrogen) atoms. The maximum absolute atomic E-state index is 12.5. The summed E-state index contributed by atoms with van der Waals surface area (Å²) in [6.07, 6.45) is -0.0633. The molecule has 2 aromatic carbocycles. The fourth-order valence-corrected chi connectivity index (χ4v) is 3.94. The van der Waals surface area contributed by atoms with Crippen molar-refractivity contribution in [2.45, 2.75) is 24.3 Å². The number of hydrogen-bond acceptors (Lipinski definition) is 6. The van der Waals surface area contributed by atoms with Gasteiger partial charge in [0.1, 0.15) is 13.2 Å². The molecule has 0 aliphatic carbocycles. The number of carbonyl (C=O) groups is 1. The number of rotatable bonds is 6. The van der Waals surface area contributed by atoms with E-state index in [1.165, 1.54) is 11.8 Å². The number of ether oxygens (including phenoxy) is 2. The van der Waals surface area contributed by atoms with E-state index in [-0.39, 0.29) is 17.9 Å². The summed E-state index contributed by atoms with van der Waals surface area (Å²) in [7, 11) is 0. The van der Waals surface area contributed by atoms with Gasteiger partial charge in [0.25, 0.3) is 5.56 Å². The van der Waals surface area contributed by atoms with E-state index in [4.69, 9.17) is 9.47 Å². The average molecular weight is 423 g/mol. The summed E-state index contributed by atoms with van der Waals surface area (Å²) in [5, 5.41) is 3.34. The third-order valence-corrected chi connectivity index (χ3v) is 5.53. The highest BCUT2D eigenvalue weighted by Crippen LogP contribution is 2.32. The number of aryl methyl sites for hydroxylation is 1. The van der Waals surface area contributed by atoms with E-state index in [1.807, 2.05) is 30.3 Å². The molecule has 0 unspecified atom stereocenters. The lowest BCUT2D eigenvalue weighted by atomic mass is 10.1. The van der Waals surface area contributed by atoms with Gasteiger partial charge in [-0.15, -0.1) is 0 Å². The third-order valence-electron chi connectivity index (χ3n) is 4.58. The Morgan fingerprint density at radius 3 is 2.67 bits per heavy atom. The first kappa shape index (κ1) is 20.0. The molecule has 1 aliphatic rings. The predicted octanol–water partition coefficient (Wildman–Crippen LogP) is 3.32. The number of aromatic amines is 1. The highest BCUT2D eigenvalue weighted by atomic mass is 32.2. The first-order valence-corrected chi connectivity index (χ1v) is 10.5. The van der Waals surface area contributed by atoms with Crippen molar-refractivity contribution in [2.24, 2.45) is 0 Å². The van der Waals surface area contributed by atoms with Crippen LogP contribution in [0.25, 0.3) is 0 Å². The third kappa shape index (κ3) is 4.83. The van der Waals surface area contributed by atoms with Gasteiger partial charge in [-0.05, 0) is 24.6 Å². The molecule has 4 rings (SSSR count). The second-order valence-electron chi connectivity index (χ2n) is 6.79. The standard InChI is InChI=1S/C22H21N3O4S/c1-14-17(21(27)25-22(23-14)30-13-15-5-3-2-4-6-15)12-20(26)24-16-7-8-18-19(11-16)29-10-9-28-18/h2-8,11H,9-10,12-13H2,1H3,(H,24,26)(H,23,25,27). The van der Waals surface area contributed by atoms with Gasteiger partial charge < -0.3 is 19.8 Å². The number of benzene rings is 2. The van der Waals surface area contributed by atoms with Crippen LogP contribution in [0.15, 0.2) is 58.5 Å². The van der Waals surface area contributed by atoms with Crippen molar-refractivity contribution in [3.05, 3.63) is 75.7 Å². The molecular formula is C22H21N3O4S. The molecule has 1 amide bonds. The quantitative estimate of drug-likeness (QED) is 0.467. The van der Waals surface area contributed by atoms with Gasteiger partial charge in [0, 0.05) is 28.8 Å². The number of thioether (sulfide) groups is 1. The summed E-state index contributed by atoms with van der Waals surface area (Å²) >= 11 is 1.45. The van der Waals surface area contributed by atoms with Gasteiger partial charge in [-0.25, -0.2) is 4.98 Å². The highest BCUT2D eigenvalue weighted by Gasteiger charge is 2.16. The Morgan fingerprint density at radius 2 is 1.90 bits per heavy atom. The summed E-state index contributed by atoms with van der Waals surface area (Å²) in [5.74, 6) is 1.65. The predicted molar refractivity (Wildman–Crippen MR) is 115 cm³/mol. The van der Waals surface area contributed by atoms with Crippen LogP contribution in [0.1, 0.15) is 16.8 Å². The van der Waals surface area contributed by atoms with Crippen LogP contribution < -0.4 is 20.3 Å². The molecule has 2 N–H and O–H groups in total. The molecule has 0 radical (unpaired) electrons. The molecule has 1 aliphatic heterocycles. The van der Waals surface area contributed by atoms with E-state index in [0.717, 1.165) is 5.56 Å². The zero-order chi connectivity index (χ0) is 20.9. The lowest BCUT2D eigenvalue weighted by Gasteiger charge is -2.19. The number of H-pyrrole nitrogens is 1. The topological polar surface area (TPSA) is 93.3 Å². The van der Waals surface area contributed by atoms with Crippen molar-refractivity contribution in [2.75, 3.05) is 18.5 Å². The Kier molecular flexibility index (Phi) is 6.04. The molecule has 0 fully saturated rings. The van der Waals surface area contributed by atoms with Gasteiger partial charge in [0.05, 0.1) is 6.42 Å². The van der Waals surface area contributed by atoms with E-state index in [1.54, 1.807) is 25.1 Å². The number of nitrogens with one attached hydrogen (secondary N) is 2. The van der Waals surface area contributed by atoms with Crippen LogP contribution in [0.4, 0.5) is 5.69 Å². The second kappa shape index (κ2) is 9.04. The maximum atomic E-state index is 12.5. The molecular weight excluding hydrogens is 402 g/mol.